The average Bonchev–Trinajstić information content (AvgIpc) is 2.47. The van der Waals surface area contributed by atoms with Gasteiger partial charge < -0.3 is 10.1 Å². The maximum atomic E-state index is 11.0. The highest BCUT2D eigenvalue weighted by Crippen LogP contribution is 2.35. The van der Waals surface area contributed by atoms with Crippen molar-refractivity contribution in [3.05, 3.63) is 53.1 Å². The lowest BCUT2D eigenvalue weighted by Crippen LogP contribution is -2.39. The molecule has 108 valence electrons. The molecule has 0 aliphatic carbocycles. The molecule has 1 aromatic carbocycles. The van der Waals surface area contributed by atoms with Gasteiger partial charge in [0.25, 0.3) is 0 Å². The van der Waals surface area contributed by atoms with Crippen LogP contribution in [0.2, 0.25) is 0 Å². The number of nitrogens with two attached hydrogens (primary N) is 1. The minimum atomic E-state index is -0.925. The number of benzene rings is 1. The Balaban J connectivity index is 1.95. The van der Waals surface area contributed by atoms with Crippen molar-refractivity contribution >= 4 is 11.7 Å². The summed E-state index contributed by atoms with van der Waals surface area (Å²) in [5.41, 5.74) is 2.97. The number of anilines is 1. The van der Waals surface area contributed by atoms with Gasteiger partial charge in [-0.2, -0.15) is 0 Å². The third kappa shape index (κ3) is 2.45. The van der Waals surface area contributed by atoms with Crippen molar-refractivity contribution in [2.45, 2.75) is 25.8 Å². The molecule has 1 aliphatic heterocycles. The molecule has 0 amide bonds. The number of carbonyl (C=O) groups is 1. The number of aryl methyl sites for hydroxylation is 2. The number of fused-ring (bicyclic) bond motifs is 1. The molecule has 0 saturated carbocycles. The Bertz CT molecular complexity index is 702. The molecule has 2 aromatic rings. The van der Waals surface area contributed by atoms with E-state index in [1.165, 1.54) is 0 Å². The van der Waals surface area contributed by atoms with Crippen molar-refractivity contribution in [1.82, 2.24) is 9.97 Å². The monoisotopic (exact) mass is 284 g/mol. The van der Waals surface area contributed by atoms with Crippen LogP contribution in [-0.4, -0.2) is 21.0 Å². The van der Waals surface area contributed by atoms with Gasteiger partial charge in [-0.25, -0.2) is 20.6 Å². The highest BCUT2D eigenvalue weighted by Gasteiger charge is 2.28. The van der Waals surface area contributed by atoms with Crippen LogP contribution in [-0.2, 0) is 6.42 Å². The molecule has 0 saturated heterocycles. The van der Waals surface area contributed by atoms with Gasteiger partial charge in [0.05, 0.1) is 11.3 Å². The standard InChI is InChI=1S/C15H16N4O2/c1-9-6-7-17-14(18-9)13-5-2-10-8-11(15(20)21)3-4-12(10)19(13)16/h3-4,6-8,13H,2,5,16H2,1H3,(H,20,21). The van der Waals surface area contributed by atoms with E-state index >= 15 is 0 Å². The van der Waals surface area contributed by atoms with Gasteiger partial charge in [0.2, 0.25) is 0 Å². The van der Waals surface area contributed by atoms with Gasteiger partial charge in [0.1, 0.15) is 6.04 Å². The molecule has 1 atom stereocenters. The van der Waals surface area contributed by atoms with Gasteiger partial charge in [-0.15, -0.1) is 0 Å². The van der Waals surface area contributed by atoms with E-state index in [0.717, 1.165) is 29.8 Å². The van der Waals surface area contributed by atoms with Crippen LogP contribution in [0, 0.1) is 6.92 Å². The summed E-state index contributed by atoms with van der Waals surface area (Å²) in [6, 6.07) is 6.76. The lowest BCUT2D eigenvalue weighted by atomic mass is 9.95. The topological polar surface area (TPSA) is 92.3 Å². The van der Waals surface area contributed by atoms with E-state index < -0.39 is 5.97 Å². The number of carboxylic acids is 1. The molecule has 0 fully saturated rings. The van der Waals surface area contributed by atoms with E-state index in [9.17, 15) is 4.79 Å². The third-order valence-corrected chi connectivity index (χ3v) is 3.74. The predicted octanol–water partition coefficient (Wildman–Crippen LogP) is 1.85. The van der Waals surface area contributed by atoms with Gasteiger partial charge in [-0.3, -0.25) is 0 Å². The molecule has 3 N–H and O–H groups in total. The van der Waals surface area contributed by atoms with E-state index in [-0.39, 0.29) is 11.6 Å². The van der Waals surface area contributed by atoms with Crippen LogP contribution in [0.5, 0.6) is 0 Å². The number of aromatic nitrogens is 2. The number of hydrazine groups is 1. The number of rotatable bonds is 2. The maximum absolute atomic E-state index is 11.0. The Kier molecular flexibility index (Phi) is 3.31. The summed E-state index contributed by atoms with van der Waals surface area (Å²) in [4.78, 5) is 19.8. The van der Waals surface area contributed by atoms with Crippen molar-refractivity contribution < 1.29 is 9.90 Å². The SMILES string of the molecule is Cc1ccnc(C2CCc3cc(C(=O)O)ccc3N2N)n1. The molecular formula is C15H16N4O2. The fourth-order valence-corrected chi connectivity index (χ4v) is 2.65. The Morgan fingerprint density at radius 3 is 2.95 bits per heavy atom. The van der Waals surface area contributed by atoms with Gasteiger partial charge in [-0.05, 0) is 49.6 Å². The fraction of sp³-hybridized carbons (Fsp3) is 0.267. The number of aromatic carboxylic acids is 1. The summed E-state index contributed by atoms with van der Waals surface area (Å²) in [6.07, 6.45) is 3.25. The number of carboxylic acid groups (broad SMARTS) is 1. The molecule has 0 radical (unpaired) electrons. The molecule has 6 nitrogen and oxygen atoms in total. The largest absolute Gasteiger partial charge is 0.478 e. The summed E-state index contributed by atoms with van der Waals surface area (Å²) in [5, 5.41) is 10.7. The van der Waals surface area contributed by atoms with E-state index in [1.54, 1.807) is 29.4 Å². The van der Waals surface area contributed by atoms with Gasteiger partial charge >= 0.3 is 5.97 Å². The Morgan fingerprint density at radius 1 is 1.43 bits per heavy atom. The van der Waals surface area contributed by atoms with Crippen molar-refractivity contribution in [1.29, 1.82) is 0 Å². The summed E-state index contributed by atoms with van der Waals surface area (Å²) in [6.45, 7) is 1.92. The summed E-state index contributed by atoms with van der Waals surface area (Å²) < 4.78 is 0. The van der Waals surface area contributed by atoms with Crippen LogP contribution in [0.25, 0.3) is 0 Å². The molecule has 2 heterocycles. The van der Waals surface area contributed by atoms with E-state index in [0.29, 0.717) is 5.82 Å². The lowest BCUT2D eigenvalue weighted by molar-refractivity contribution is 0.0696. The van der Waals surface area contributed by atoms with Gasteiger partial charge in [-0.1, -0.05) is 0 Å². The minimum absolute atomic E-state index is 0.0897. The maximum Gasteiger partial charge on any atom is 0.335 e. The second kappa shape index (κ2) is 5.14. The van der Waals surface area contributed by atoms with Gasteiger partial charge in [0.15, 0.2) is 5.82 Å². The molecule has 0 bridgehead atoms. The van der Waals surface area contributed by atoms with Crippen molar-refractivity contribution in [3.8, 4) is 0 Å². The first kappa shape index (κ1) is 13.5. The van der Waals surface area contributed by atoms with Crippen LogP contribution < -0.4 is 10.9 Å². The minimum Gasteiger partial charge on any atom is -0.478 e. The number of nitrogens with zero attached hydrogens (tertiary/aromatic N) is 3. The number of hydrogen-bond acceptors (Lipinski definition) is 5. The molecule has 1 unspecified atom stereocenters. The second-order valence-electron chi connectivity index (χ2n) is 5.17. The zero-order valence-corrected chi connectivity index (χ0v) is 11.7. The van der Waals surface area contributed by atoms with Crippen LogP contribution >= 0.6 is 0 Å². The third-order valence-electron chi connectivity index (χ3n) is 3.74. The molecule has 0 spiro atoms. The highest BCUT2D eigenvalue weighted by molar-refractivity contribution is 5.88. The molecular weight excluding hydrogens is 268 g/mol. The molecule has 1 aromatic heterocycles. The van der Waals surface area contributed by atoms with Crippen molar-refractivity contribution in [2.75, 3.05) is 5.01 Å². The van der Waals surface area contributed by atoms with E-state index in [2.05, 4.69) is 9.97 Å². The molecule has 3 rings (SSSR count). The Hall–Kier alpha value is -2.47. The highest BCUT2D eigenvalue weighted by atomic mass is 16.4. The van der Waals surface area contributed by atoms with E-state index in [1.807, 2.05) is 13.0 Å². The van der Waals surface area contributed by atoms with Crippen LogP contribution in [0.1, 0.15) is 39.9 Å². The van der Waals surface area contributed by atoms with Crippen molar-refractivity contribution in [2.24, 2.45) is 5.84 Å². The normalized spacial score (nSPS) is 17.4. The smallest absolute Gasteiger partial charge is 0.335 e. The Labute approximate surface area is 122 Å². The first-order chi connectivity index (χ1) is 10.1. The molecule has 6 heteroatoms. The number of hydrogen-bond donors (Lipinski definition) is 2. The zero-order valence-electron chi connectivity index (χ0n) is 11.7. The summed E-state index contributed by atoms with van der Waals surface area (Å²) >= 11 is 0. The summed E-state index contributed by atoms with van der Waals surface area (Å²) in [7, 11) is 0. The summed E-state index contributed by atoms with van der Waals surface area (Å²) in [5.74, 6) is 5.98. The van der Waals surface area contributed by atoms with Crippen molar-refractivity contribution in [3.63, 3.8) is 0 Å². The second-order valence-corrected chi connectivity index (χ2v) is 5.17. The van der Waals surface area contributed by atoms with E-state index in [4.69, 9.17) is 10.9 Å². The van der Waals surface area contributed by atoms with Crippen LogP contribution in [0.4, 0.5) is 5.69 Å². The molecule has 1 aliphatic rings. The lowest BCUT2D eigenvalue weighted by Gasteiger charge is -2.34. The van der Waals surface area contributed by atoms with Gasteiger partial charge in [0, 0.05) is 11.9 Å². The molecule has 21 heavy (non-hydrogen) atoms. The Morgan fingerprint density at radius 2 is 2.24 bits per heavy atom. The first-order valence-electron chi connectivity index (χ1n) is 6.76. The first-order valence-corrected chi connectivity index (χ1v) is 6.76. The quantitative estimate of drug-likeness (QED) is 0.818. The predicted molar refractivity (Wildman–Crippen MR) is 77.9 cm³/mol. The fourth-order valence-electron chi connectivity index (χ4n) is 2.65. The zero-order chi connectivity index (χ0) is 15.0. The van der Waals surface area contributed by atoms with Crippen LogP contribution in [0.15, 0.2) is 30.5 Å². The van der Waals surface area contributed by atoms with Crippen LogP contribution in [0.3, 0.4) is 0 Å². The average molecular weight is 284 g/mol.